The van der Waals surface area contributed by atoms with Gasteiger partial charge in [0.15, 0.2) is 0 Å². The van der Waals surface area contributed by atoms with E-state index in [-0.39, 0.29) is 22.5 Å². The molecule has 0 bridgehead atoms. The highest BCUT2D eigenvalue weighted by Crippen LogP contribution is 2.20. The van der Waals surface area contributed by atoms with E-state index in [1.165, 1.54) is 12.1 Å². The van der Waals surface area contributed by atoms with Gasteiger partial charge in [-0.15, -0.1) is 0 Å². The lowest BCUT2D eigenvalue weighted by Gasteiger charge is -2.03. The smallest absolute Gasteiger partial charge is 0.337 e. The average Bonchev–Trinajstić information content (AvgIpc) is 2.08. The van der Waals surface area contributed by atoms with Crippen molar-refractivity contribution in [3.05, 3.63) is 23.3 Å². The molecular weight excluding hydrogens is 170 g/mol. The number of benzene rings is 1. The summed E-state index contributed by atoms with van der Waals surface area (Å²) < 4.78 is 0. The summed E-state index contributed by atoms with van der Waals surface area (Å²) in [6.07, 6.45) is 0. The highest BCUT2D eigenvalue weighted by Gasteiger charge is 2.11. The summed E-state index contributed by atoms with van der Waals surface area (Å²) in [7, 11) is 0. The van der Waals surface area contributed by atoms with Crippen molar-refractivity contribution in [1.29, 1.82) is 5.26 Å². The van der Waals surface area contributed by atoms with Gasteiger partial charge in [-0.05, 0) is 12.1 Å². The Kier molecular flexibility index (Phi) is 2.07. The lowest BCUT2D eigenvalue weighted by Crippen LogP contribution is -2.04. The molecule has 66 valence electrons. The number of hydrogen-bond donors (Lipinski definition) is 3. The van der Waals surface area contributed by atoms with Crippen LogP contribution in [0.15, 0.2) is 12.1 Å². The predicted octanol–water partition coefficient (Wildman–Crippen LogP) is 0.421. The molecule has 5 N–H and O–H groups in total. The second-order valence-electron chi connectivity index (χ2n) is 2.44. The Morgan fingerprint density at radius 2 is 1.92 bits per heavy atom. The van der Waals surface area contributed by atoms with Gasteiger partial charge in [0.05, 0.1) is 22.5 Å². The predicted molar refractivity (Wildman–Crippen MR) is 46.9 cm³/mol. The van der Waals surface area contributed by atoms with Gasteiger partial charge in [0.2, 0.25) is 0 Å². The number of nitriles is 1. The second-order valence-corrected chi connectivity index (χ2v) is 2.44. The van der Waals surface area contributed by atoms with Gasteiger partial charge >= 0.3 is 5.97 Å². The van der Waals surface area contributed by atoms with Crippen LogP contribution in [-0.4, -0.2) is 11.1 Å². The summed E-state index contributed by atoms with van der Waals surface area (Å²) in [6, 6.07) is 4.15. The minimum absolute atomic E-state index is 0.0131. The molecule has 1 aromatic rings. The molecule has 1 aromatic carbocycles. The van der Waals surface area contributed by atoms with Crippen molar-refractivity contribution in [1.82, 2.24) is 0 Å². The Morgan fingerprint density at radius 3 is 2.38 bits per heavy atom. The third-order valence-corrected chi connectivity index (χ3v) is 1.57. The van der Waals surface area contributed by atoms with Crippen LogP contribution in [0.4, 0.5) is 11.4 Å². The fraction of sp³-hybridized carbons (Fsp3) is 0. The van der Waals surface area contributed by atoms with Crippen molar-refractivity contribution in [2.45, 2.75) is 0 Å². The van der Waals surface area contributed by atoms with Crippen LogP contribution in [0.25, 0.3) is 0 Å². The Morgan fingerprint density at radius 1 is 1.38 bits per heavy atom. The van der Waals surface area contributed by atoms with Crippen molar-refractivity contribution in [2.75, 3.05) is 11.5 Å². The Bertz CT molecular complexity index is 407. The average molecular weight is 177 g/mol. The van der Waals surface area contributed by atoms with Gasteiger partial charge in [-0.1, -0.05) is 0 Å². The number of nitrogen functional groups attached to an aromatic ring is 2. The number of anilines is 2. The molecule has 13 heavy (non-hydrogen) atoms. The van der Waals surface area contributed by atoms with Crippen LogP contribution in [0.1, 0.15) is 15.9 Å². The number of hydrogen-bond acceptors (Lipinski definition) is 4. The molecule has 0 spiro atoms. The Labute approximate surface area is 74.2 Å². The van der Waals surface area contributed by atoms with Gasteiger partial charge in [-0.3, -0.25) is 0 Å². The molecule has 0 aliphatic rings. The fourth-order valence-corrected chi connectivity index (χ4v) is 0.903. The molecule has 0 aliphatic heterocycles. The van der Waals surface area contributed by atoms with Gasteiger partial charge in [-0.25, -0.2) is 4.79 Å². The molecule has 0 saturated carbocycles. The van der Waals surface area contributed by atoms with Gasteiger partial charge in [0.1, 0.15) is 6.07 Å². The summed E-state index contributed by atoms with van der Waals surface area (Å²) >= 11 is 0. The van der Waals surface area contributed by atoms with Gasteiger partial charge in [0.25, 0.3) is 0 Å². The molecular formula is C8H7N3O2. The van der Waals surface area contributed by atoms with Crippen LogP contribution >= 0.6 is 0 Å². The SMILES string of the molecule is N#Cc1cc(N)c(N)cc1C(=O)O. The molecule has 0 aliphatic carbocycles. The summed E-state index contributed by atoms with van der Waals surface area (Å²) in [5, 5.41) is 17.2. The summed E-state index contributed by atoms with van der Waals surface area (Å²) in [5.41, 5.74) is 11.0. The summed E-state index contributed by atoms with van der Waals surface area (Å²) in [4.78, 5) is 10.6. The topological polar surface area (TPSA) is 113 Å². The lowest BCUT2D eigenvalue weighted by molar-refractivity contribution is 0.0696. The molecule has 0 radical (unpaired) electrons. The van der Waals surface area contributed by atoms with E-state index < -0.39 is 5.97 Å². The largest absolute Gasteiger partial charge is 0.478 e. The highest BCUT2D eigenvalue weighted by atomic mass is 16.4. The second kappa shape index (κ2) is 3.03. The first-order chi connectivity index (χ1) is 6.06. The van der Waals surface area contributed by atoms with E-state index in [0.29, 0.717) is 0 Å². The third kappa shape index (κ3) is 1.51. The fourth-order valence-electron chi connectivity index (χ4n) is 0.903. The molecule has 5 heteroatoms. The lowest BCUT2D eigenvalue weighted by atomic mass is 10.1. The summed E-state index contributed by atoms with van der Waals surface area (Å²) in [5.74, 6) is -1.19. The molecule has 0 atom stereocenters. The minimum atomic E-state index is -1.19. The van der Waals surface area contributed by atoms with Gasteiger partial charge < -0.3 is 16.6 Å². The van der Waals surface area contributed by atoms with E-state index in [4.69, 9.17) is 21.8 Å². The van der Waals surface area contributed by atoms with Crippen LogP contribution in [0, 0.1) is 11.3 Å². The zero-order chi connectivity index (χ0) is 10.0. The van der Waals surface area contributed by atoms with Crippen LogP contribution < -0.4 is 11.5 Å². The third-order valence-electron chi connectivity index (χ3n) is 1.57. The van der Waals surface area contributed by atoms with Crippen molar-refractivity contribution in [3.63, 3.8) is 0 Å². The van der Waals surface area contributed by atoms with Crippen LogP contribution in [0.5, 0.6) is 0 Å². The number of aromatic carboxylic acids is 1. The molecule has 0 unspecified atom stereocenters. The molecule has 0 amide bonds. The number of carboxylic acid groups (broad SMARTS) is 1. The monoisotopic (exact) mass is 177 g/mol. The molecule has 1 rings (SSSR count). The minimum Gasteiger partial charge on any atom is -0.478 e. The molecule has 5 nitrogen and oxygen atoms in total. The zero-order valence-corrected chi connectivity index (χ0v) is 6.61. The van der Waals surface area contributed by atoms with Crippen LogP contribution in [-0.2, 0) is 0 Å². The first-order valence-corrected chi connectivity index (χ1v) is 3.38. The molecule has 0 saturated heterocycles. The number of nitrogens with two attached hydrogens (primary N) is 2. The van der Waals surface area contributed by atoms with E-state index in [1.54, 1.807) is 6.07 Å². The maximum absolute atomic E-state index is 10.6. The van der Waals surface area contributed by atoms with Crippen LogP contribution in [0.3, 0.4) is 0 Å². The van der Waals surface area contributed by atoms with Crippen LogP contribution in [0.2, 0.25) is 0 Å². The van der Waals surface area contributed by atoms with Gasteiger partial charge in [-0.2, -0.15) is 5.26 Å². The van der Waals surface area contributed by atoms with Crippen molar-refractivity contribution in [2.24, 2.45) is 0 Å². The van der Waals surface area contributed by atoms with Crippen molar-refractivity contribution >= 4 is 17.3 Å². The quantitative estimate of drug-likeness (QED) is 0.538. The standard InChI is InChI=1S/C8H7N3O2/c9-3-4-1-6(10)7(11)2-5(4)8(12)13/h1-2H,10-11H2,(H,12,13). The Balaban J connectivity index is 3.44. The number of nitrogens with zero attached hydrogens (tertiary/aromatic N) is 1. The maximum Gasteiger partial charge on any atom is 0.337 e. The first kappa shape index (κ1) is 8.87. The van der Waals surface area contributed by atoms with E-state index >= 15 is 0 Å². The highest BCUT2D eigenvalue weighted by molar-refractivity contribution is 5.93. The number of carboxylic acids is 1. The first-order valence-electron chi connectivity index (χ1n) is 3.38. The van der Waals surface area contributed by atoms with E-state index in [2.05, 4.69) is 0 Å². The van der Waals surface area contributed by atoms with E-state index in [1.807, 2.05) is 0 Å². The normalized spacial score (nSPS) is 9.15. The van der Waals surface area contributed by atoms with E-state index in [9.17, 15) is 4.79 Å². The van der Waals surface area contributed by atoms with Gasteiger partial charge in [0, 0.05) is 0 Å². The molecule has 0 fully saturated rings. The zero-order valence-electron chi connectivity index (χ0n) is 6.61. The Hall–Kier alpha value is -2.22. The van der Waals surface area contributed by atoms with Crippen molar-refractivity contribution in [3.8, 4) is 6.07 Å². The molecule has 0 heterocycles. The summed E-state index contributed by atoms with van der Waals surface area (Å²) in [6.45, 7) is 0. The number of carbonyl (C=O) groups is 1. The maximum atomic E-state index is 10.6. The molecule has 0 aromatic heterocycles. The van der Waals surface area contributed by atoms with Crippen molar-refractivity contribution < 1.29 is 9.90 Å². The van der Waals surface area contributed by atoms with E-state index in [0.717, 1.165) is 0 Å². The number of rotatable bonds is 1.